The highest BCUT2D eigenvalue weighted by atomic mass is 16.5. The van der Waals surface area contributed by atoms with Crippen LogP contribution in [0.1, 0.15) is 52.9 Å². The van der Waals surface area contributed by atoms with Crippen molar-refractivity contribution in [1.82, 2.24) is 4.90 Å². The van der Waals surface area contributed by atoms with Gasteiger partial charge >= 0.3 is 0 Å². The summed E-state index contributed by atoms with van der Waals surface area (Å²) in [6.07, 6.45) is 1.33. The molecule has 3 rings (SSSR count). The Kier molecular flexibility index (Phi) is 5.40. The number of amides is 1. The van der Waals surface area contributed by atoms with E-state index in [1.165, 1.54) is 5.56 Å². The smallest absolute Gasteiger partial charge is 0.223 e. The van der Waals surface area contributed by atoms with Crippen LogP contribution in [0.25, 0.3) is 0 Å². The van der Waals surface area contributed by atoms with E-state index in [-0.39, 0.29) is 30.6 Å². The third kappa shape index (κ3) is 3.64. The zero-order valence-corrected chi connectivity index (χ0v) is 15.6. The highest BCUT2D eigenvalue weighted by molar-refractivity contribution is 5.99. The molecule has 1 aliphatic heterocycles. The molecular weight excluding hydrogens is 326 g/mol. The lowest BCUT2D eigenvalue weighted by molar-refractivity contribution is -0.133. The summed E-state index contributed by atoms with van der Waals surface area (Å²) in [4.78, 5) is 27.0. The number of carbonyl (C=O) groups excluding carboxylic acids is 2. The predicted octanol–water partition coefficient (Wildman–Crippen LogP) is 4.11. The van der Waals surface area contributed by atoms with Gasteiger partial charge in [0.1, 0.15) is 5.75 Å². The molecule has 1 aliphatic rings. The quantitative estimate of drug-likeness (QED) is 0.762. The van der Waals surface area contributed by atoms with Crippen molar-refractivity contribution in [2.75, 3.05) is 13.7 Å². The molecule has 0 aliphatic carbocycles. The fourth-order valence-electron chi connectivity index (χ4n) is 3.64. The van der Waals surface area contributed by atoms with Crippen LogP contribution in [0.15, 0.2) is 42.5 Å². The Morgan fingerprint density at radius 2 is 1.92 bits per heavy atom. The van der Waals surface area contributed by atoms with Gasteiger partial charge in [-0.15, -0.1) is 0 Å². The van der Waals surface area contributed by atoms with Crippen LogP contribution in [0.2, 0.25) is 0 Å². The van der Waals surface area contributed by atoms with Gasteiger partial charge in [-0.25, -0.2) is 0 Å². The van der Waals surface area contributed by atoms with Gasteiger partial charge in [0.2, 0.25) is 5.91 Å². The zero-order valence-electron chi connectivity index (χ0n) is 15.6. The number of methoxy groups -OCH3 is 1. The molecule has 0 aromatic heterocycles. The van der Waals surface area contributed by atoms with Crippen molar-refractivity contribution in [3.63, 3.8) is 0 Å². The number of ether oxygens (including phenoxy) is 1. The first-order valence-electron chi connectivity index (χ1n) is 9.06. The summed E-state index contributed by atoms with van der Waals surface area (Å²) in [6, 6.07) is 13.6. The summed E-state index contributed by atoms with van der Waals surface area (Å²) in [5.74, 6) is 0.871. The average Bonchev–Trinajstić information content (AvgIpc) is 2.66. The number of benzene rings is 2. The lowest BCUT2D eigenvalue weighted by atomic mass is 9.92. The van der Waals surface area contributed by atoms with Crippen molar-refractivity contribution in [1.29, 1.82) is 0 Å². The van der Waals surface area contributed by atoms with Gasteiger partial charge in [-0.2, -0.15) is 0 Å². The molecule has 0 spiro atoms. The summed E-state index contributed by atoms with van der Waals surface area (Å²) in [6.45, 7) is 4.66. The second-order valence-electron chi connectivity index (χ2n) is 6.82. The molecule has 0 saturated heterocycles. The number of nitrogens with zero attached hydrogens (tertiary/aromatic N) is 1. The highest BCUT2D eigenvalue weighted by Gasteiger charge is 2.28. The van der Waals surface area contributed by atoms with Crippen LogP contribution >= 0.6 is 0 Å². The van der Waals surface area contributed by atoms with Crippen molar-refractivity contribution in [2.24, 2.45) is 0 Å². The molecule has 0 fully saturated rings. The Morgan fingerprint density at radius 3 is 2.65 bits per heavy atom. The maximum Gasteiger partial charge on any atom is 0.223 e. The van der Waals surface area contributed by atoms with Crippen LogP contribution in [0.5, 0.6) is 5.75 Å². The number of hydrogen-bond donors (Lipinski definition) is 0. The number of fused-ring (bicyclic) bond motifs is 1. The molecule has 0 N–H and O–H groups in total. The van der Waals surface area contributed by atoms with Crippen LogP contribution < -0.4 is 4.74 Å². The summed E-state index contributed by atoms with van der Waals surface area (Å²) in [5.41, 5.74) is 4.06. The number of Topliss-reactive ketones (excluding diaryl/α,β-unsaturated/α-hetero) is 1. The molecule has 4 heteroatoms. The Balaban J connectivity index is 1.67. The van der Waals surface area contributed by atoms with Crippen molar-refractivity contribution >= 4 is 11.7 Å². The molecule has 1 amide bonds. The molecule has 2 aromatic rings. The van der Waals surface area contributed by atoms with Crippen molar-refractivity contribution in [3.8, 4) is 5.75 Å². The summed E-state index contributed by atoms with van der Waals surface area (Å²) >= 11 is 0. The molecular formula is C22H25NO3. The Bertz CT molecular complexity index is 828. The number of hydrogen-bond acceptors (Lipinski definition) is 3. The van der Waals surface area contributed by atoms with Crippen molar-refractivity contribution in [2.45, 2.75) is 39.2 Å². The largest absolute Gasteiger partial charge is 0.497 e. The van der Waals surface area contributed by atoms with Crippen LogP contribution in [-0.2, 0) is 11.2 Å². The molecule has 26 heavy (non-hydrogen) atoms. The first kappa shape index (κ1) is 18.2. The molecule has 0 radical (unpaired) electrons. The second-order valence-corrected chi connectivity index (χ2v) is 6.82. The van der Waals surface area contributed by atoms with Gasteiger partial charge in [-0.05, 0) is 49.1 Å². The number of ketones is 1. The lowest BCUT2D eigenvalue weighted by Gasteiger charge is -2.35. The number of aryl methyl sites for hydroxylation is 1. The topological polar surface area (TPSA) is 46.6 Å². The fraction of sp³-hybridized carbons (Fsp3) is 0.364. The van der Waals surface area contributed by atoms with E-state index in [2.05, 4.69) is 6.07 Å². The van der Waals surface area contributed by atoms with Crippen LogP contribution in [0.4, 0.5) is 0 Å². The van der Waals surface area contributed by atoms with Gasteiger partial charge in [0.25, 0.3) is 0 Å². The molecule has 1 unspecified atom stereocenters. The fourth-order valence-corrected chi connectivity index (χ4v) is 3.64. The Hall–Kier alpha value is -2.62. The number of carbonyl (C=O) groups is 2. The minimum absolute atomic E-state index is 0.00471. The predicted molar refractivity (Wildman–Crippen MR) is 102 cm³/mol. The minimum atomic E-state index is -0.00471. The maximum atomic E-state index is 12.7. The lowest BCUT2D eigenvalue weighted by Crippen LogP contribution is -2.39. The minimum Gasteiger partial charge on any atom is -0.497 e. The SMILES string of the molecule is COc1ccc2c(c1)C(C)N(C(=O)CCC(=O)c1ccccc1C)CC2. The monoisotopic (exact) mass is 351 g/mol. The Morgan fingerprint density at radius 1 is 1.15 bits per heavy atom. The molecule has 4 nitrogen and oxygen atoms in total. The first-order valence-corrected chi connectivity index (χ1v) is 9.06. The number of rotatable bonds is 5. The van der Waals surface area contributed by atoms with E-state index in [4.69, 9.17) is 4.74 Å². The van der Waals surface area contributed by atoms with Gasteiger partial charge in [-0.3, -0.25) is 9.59 Å². The van der Waals surface area contributed by atoms with E-state index in [0.717, 1.165) is 23.3 Å². The Labute approximate surface area is 154 Å². The van der Waals surface area contributed by atoms with Crippen LogP contribution in [0, 0.1) is 6.92 Å². The van der Waals surface area contributed by atoms with E-state index in [9.17, 15) is 9.59 Å². The zero-order chi connectivity index (χ0) is 18.7. The van der Waals surface area contributed by atoms with E-state index < -0.39 is 0 Å². The molecule has 136 valence electrons. The van der Waals surface area contributed by atoms with E-state index >= 15 is 0 Å². The van der Waals surface area contributed by atoms with Gasteiger partial charge in [0.05, 0.1) is 13.2 Å². The van der Waals surface area contributed by atoms with E-state index in [1.54, 1.807) is 7.11 Å². The summed E-state index contributed by atoms with van der Waals surface area (Å²) in [5, 5.41) is 0. The van der Waals surface area contributed by atoms with Gasteiger partial charge in [0, 0.05) is 24.9 Å². The van der Waals surface area contributed by atoms with Crippen molar-refractivity contribution in [3.05, 3.63) is 64.7 Å². The third-order valence-electron chi connectivity index (χ3n) is 5.22. The molecule has 1 atom stereocenters. The maximum absolute atomic E-state index is 12.7. The van der Waals surface area contributed by atoms with Crippen LogP contribution in [0.3, 0.4) is 0 Å². The average molecular weight is 351 g/mol. The van der Waals surface area contributed by atoms with Gasteiger partial charge < -0.3 is 9.64 Å². The van der Waals surface area contributed by atoms with Gasteiger partial charge in [-0.1, -0.05) is 30.3 Å². The molecule has 1 heterocycles. The first-order chi connectivity index (χ1) is 12.5. The van der Waals surface area contributed by atoms with Gasteiger partial charge in [0.15, 0.2) is 5.78 Å². The normalized spacial score (nSPS) is 16.1. The van der Waals surface area contributed by atoms with E-state index in [0.29, 0.717) is 12.1 Å². The highest BCUT2D eigenvalue weighted by Crippen LogP contribution is 2.32. The van der Waals surface area contributed by atoms with Crippen molar-refractivity contribution < 1.29 is 14.3 Å². The van der Waals surface area contributed by atoms with Crippen LogP contribution in [-0.4, -0.2) is 30.2 Å². The standard InChI is InChI=1S/C22H25NO3/c1-15-6-4-5-7-19(15)21(24)10-11-22(25)23-13-12-17-8-9-18(26-3)14-20(17)16(23)2/h4-9,14,16H,10-13H2,1-3H3. The summed E-state index contributed by atoms with van der Waals surface area (Å²) < 4.78 is 5.32. The molecule has 0 bridgehead atoms. The molecule has 0 saturated carbocycles. The molecule has 2 aromatic carbocycles. The summed E-state index contributed by atoms with van der Waals surface area (Å²) in [7, 11) is 1.65. The third-order valence-corrected chi connectivity index (χ3v) is 5.22. The van der Waals surface area contributed by atoms with E-state index in [1.807, 2.05) is 55.1 Å². The second kappa shape index (κ2) is 7.73.